The molecule has 0 atom stereocenters. The minimum atomic E-state index is -0.0916. The van der Waals surface area contributed by atoms with Crippen molar-refractivity contribution < 1.29 is 14.0 Å². The molecule has 1 fully saturated rings. The van der Waals surface area contributed by atoms with E-state index in [-0.39, 0.29) is 24.4 Å². The van der Waals surface area contributed by atoms with Crippen LogP contribution >= 0.6 is 0 Å². The Kier molecular flexibility index (Phi) is 5.50. The van der Waals surface area contributed by atoms with E-state index in [9.17, 15) is 9.59 Å². The number of hydrogen-bond acceptors (Lipinski definition) is 3. The number of fused-ring (bicyclic) bond motifs is 1. The summed E-state index contributed by atoms with van der Waals surface area (Å²) < 4.78 is 7.30. The minimum Gasteiger partial charge on any atom is -0.459 e. The van der Waals surface area contributed by atoms with E-state index in [1.165, 1.54) is 6.26 Å². The first-order valence-corrected chi connectivity index (χ1v) is 10.9. The highest BCUT2D eigenvalue weighted by atomic mass is 16.3. The lowest BCUT2D eigenvalue weighted by Gasteiger charge is -2.32. The highest BCUT2D eigenvalue weighted by Crippen LogP contribution is 2.28. The molecule has 0 bridgehead atoms. The first kappa shape index (κ1) is 20.1. The second kappa shape index (κ2) is 8.75. The molecule has 0 radical (unpaired) electrons. The Labute approximate surface area is 186 Å². The smallest absolute Gasteiger partial charge is 0.289 e. The van der Waals surface area contributed by atoms with E-state index >= 15 is 0 Å². The standard InChI is InChI=1S/C26H25N3O3/c30-25(27-21-12-14-28(15-13-21)26(31)24-11-6-16-32-24)18-29-22-10-5-4-9-20(22)17-23(29)19-7-2-1-3-8-19/h1-11,16-17,21H,12-15,18H2,(H,27,30). The van der Waals surface area contributed by atoms with E-state index in [1.807, 2.05) is 36.4 Å². The predicted molar refractivity (Wildman–Crippen MR) is 123 cm³/mol. The van der Waals surface area contributed by atoms with Crippen molar-refractivity contribution in [1.82, 2.24) is 14.8 Å². The molecule has 1 saturated heterocycles. The van der Waals surface area contributed by atoms with Gasteiger partial charge in [0, 0.05) is 35.7 Å². The topological polar surface area (TPSA) is 67.5 Å². The molecule has 5 rings (SSSR count). The average molecular weight is 428 g/mol. The molecule has 0 unspecified atom stereocenters. The fourth-order valence-corrected chi connectivity index (χ4v) is 4.43. The second-order valence-corrected chi connectivity index (χ2v) is 8.15. The molecule has 1 aliphatic heterocycles. The number of nitrogens with one attached hydrogen (secondary N) is 1. The van der Waals surface area contributed by atoms with Gasteiger partial charge in [0.2, 0.25) is 5.91 Å². The molecule has 3 heterocycles. The van der Waals surface area contributed by atoms with E-state index in [2.05, 4.69) is 34.1 Å². The number of aromatic nitrogens is 1. The molecule has 2 amide bonds. The molecular formula is C26H25N3O3. The summed E-state index contributed by atoms with van der Waals surface area (Å²) in [6.45, 7) is 1.46. The van der Waals surface area contributed by atoms with Crippen molar-refractivity contribution in [2.45, 2.75) is 25.4 Å². The highest BCUT2D eigenvalue weighted by Gasteiger charge is 2.26. The first-order valence-electron chi connectivity index (χ1n) is 10.9. The lowest BCUT2D eigenvalue weighted by Crippen LogP contribution is -2.47. The van der Waals surface area contributed by atoms with Gasteiger partial charge in [0.25, 0.3) is 5.91 Å². The van der Waals surface area contributed by atoms with Crippen LogP contribution in [-0.4, -0.2) is 40.4 Å². The normalized spacial score (nSPS) is 14.6. The minimum absolute atomic E-state index is 0.0145. The van der Waals surface area contributed by atoms with Crippen molar-refractivity contribution in [3.63, 3.8) is 0 Å². The summed E-state index contributed by atoms with van der Waals surface area (Å²) in [5, 5.41) is 4.29. The molecule has 6 nitrogen and oxygen atoms in total. The van der Waals surface area contributed by atoms with Crippen LogP contribution in [0.2, 0.25) is 0 Å². The summed E-state index contributed by atoms with van der Waals surface area (Å²) in [4.78, 5) is 27.2. The summed E-state index contributed by atoms with van der Waals surface area (Å²) in [6, 6.07) is 23.9. The molecular weight excluding hydrogens is 402 g/mol. The number of nitrogens with zero attached hydrogens (tertiary/aromatic N) is 2. The maximum atomic E-state index is 13.0. The van der Waals surface area contributed by atoms with Crippen molar-refractivity contribution in [3.8, 4) is 11.3 Å². The van der Waals surface area contributed by atoms with E-state index in [0.29, 0.717) is 18.8 Å². The van der Waals surface area contributed by atoms with Gasteiger partial charge in [0.15, 0.2) is 5.76 Å². The summed E-state index contributed by atoms with van der Waals surface area (Å²) >= 11 is 0. The molecule has 0 spiro atoms. The van der Waals surface area contributed by atoms with Crippen molar-refractivity contribution in [2.24, 2.45) is 0 Å². The van der Waals surface area contributed by atoms with Gasteiger partial charge in [-0.1, -0.05) is 48.5 Å². The Morgan fingerprint density at radius 3 is 2.44 bits per heavy atom. The second-order valence-electron chi connectivity index (χ2n) is 8.15. The summed E-state index contributed by atoms with van der Waals surface area (Å²) in [7, 11) is 0. The Bertz CT molecular complexity index is 1220. The third-order valence-corrected chi connectivity index (χ3v) is 6.06. The molecule has 0 saturated carbocycles. The average Bonchev–Trinajstić information content (AvgIpc) is 3.49. The largest absolute Gasteiger partial charge is 0.459 e. The number of benzene rings is 2. The number of amides is 2. The fraction of sp³-hybridized carbons (Fsp3) is 0.231. The van der Waals surface area contributed by atoms with Crippen molar-refractivity contribution in [3.05, 3.63) is 84.8 Å². The van der Waals surface area contributed by atoms with Crippen LogP contribution in [0.15, 0.2) is 83.5 Å². The molecule has 2 aromatic carbocycles. The predicted octanol–water partition coefficient (Wildman–Crippen LogP) is 4.32. The molecule has 4 aromatic rings. The zero-order valence-electron chi connectivity index (χ0n) is 17.7. The van der Waals surface area contributed by atoms with Crippen molar-refractivity contribution >= 4 is 22.7 Å². The number of para-hydroxylation sites is 1. The van der Waals surface area contributed by atoms with Gasteiger partial charge in [0.1, 0.15) is 6.54 Å². The summed E-state index contributed by atoms with van der Waals surface area (Å²) in [6.07, 6.45) is 2.97. The van der Waals surface area contributed by atoms with Crippen LogP contribution in [0.4, 0.5) is 0 Å². The van der Waals surface area contributed by atoms with Crippen LogP contribution in [0.5, 0.6) is 0 Å². The van der Waals surface area contributed by atoms with Gasteiger partial charge in [0.05, 0.1) is 6.26 Å². The van der Waals surface area contributed by atoms with Gasteiger partial charge >= 0.3 is 0 Å². The van der Waals surface area contributed by atoms with Gasteiger partial charge in [-0.05, 0) is 42.7 Å². The maximum absolute atomic E-state index is 13.0. The Morgan fingerprint density at radius 2 is 1.69 bits per heavy atom. The van der Waals surface area contributed by atoms with Gasteiger partial charge in [-0.3, -0.25) is 9.59 Å². The molecule has 2 aromatic heterocycles. The Balaban J connectivity index is 1.27. The lowest BCUT2D eigenvalue weighted by molar-refractivity contribution is -0.122. The van der Waals surface area contributed by atoms with Crippen LogP contribution in [0, 0.1) is 0 Å². The zero-order chi connectivity index (χ0) is 21.9. The van der Waals surface area contributed by atoms with Gasteiger partial charge in [-0.2, -0.15) is 0 Å². The van der Waals surface area contributed by atoms with Gasteiger partial charge in [-0.25, -0.2) is 0 Å². The van der Waals surface area contributed by atoms with Crippen molar-refractivity contribution in [1.29, 1.82) is 0 Å². The number of piperidine rings is 1. The zero-order valence-corrected chi connectivity index (χ0v) is 17.7. The molecule has 6 heteroatoms. The number of carbonyl (C=O) groups is 2. The maximum Gasteiger partial charge on any atom is 0.289 e. The Morgan fingerprint density at radius 1 is 0.938 bits per heavy atom. The quantitative estimate of drug-likeness (QED) is 0.516. The highest BCUT2D eigenvalue weighted by molar-refractivity contribution is 5.91. The fourth-order valence-electron chi connectivity index (χ4n) is 4.43. The number of rotatable bonds is 5. The SMILES string of the molecule is O=C(Cn1c(-c2ccccc2)cc2ccccc21)NC1CCN(C(=O)c2ccco2)CC1. The summed E-state index contributed by atoms with van der Waals surface area (Å²) in [5.41, 5.74) is 3.16. The Hall–Kier alpha value is -3.80. The lowest BCUT2D eigenvalue weighted by atomic mass is 10.0. The van der Waals surface area contributed by atoms with E-state index in [4.69, 9.17) is 4.42 Å². The van der Waals surface area contributed by atoms with Crippen LogP contribution in [0.1, 0.15) is 23.4 Å². The number of carbonyl (C=O) groups excluding carboxylic acids is 2. The number of likely N-dealkylation sites (tertiary alicyclic amines) is 1. The summed E-state index contributed by atoms with van der Waals surface area (Å²) in [5.74, 6) is 0.255. The number of furan rings is 1. The van der Waals surface area contributed by atoms with Crippen molar-refractivity contribution in [2.75, 3.05) is 13.1 Å². The third-order valence-electron chi connectivity index (χ3n) is 6.06. The van der Waals surface area contributed by atoms with E-state index < -0.39 is 0 Å². The van der Waals surface area contributed by atoms with E-state index in [1.54, 1.807) is 17.0 Å². The first-order chi connectivity index (χ1) is 15.7. The number of hydrogen-bond donors (Lipinski definition) is 1. The molecule has 162 valence electrons. The van der Waals surface area contributed by atoms with Gasteiger partial charge < -0.3 is 19.2 Å². The van der Waals surface area contributed by atoms with Gasteiger partial charge in [-0.15, -0.1) is 0 Å². The van der Waals surface area contributed by atoms with E-state index in [0.717, 1.165) is 35.0 Å². The molecule has 1 N–H and O–H groups in total. The van der Waals surface area contributed by atoms with Crippen LogP contribution in [-0.2, 0) is 11.3 Å². The molecule has 1 aliphatic rings. The van der Waals surface area contributed by atoms with Crippen LogP contribution < -0.4 is 5.32 Å². The monoisotopic (exact) mass is 427 g/mol. The van der Waals surface area contributed by atoms with Crippen LogP contribution in [0.3, 0.4) is 0 Å². The van der Waals surface area contributed by atoms with Crippen LogP contribution in [0.25, 0.3) is 22.2 Å². The third kappa shape index (κ3) is 4.04. The molecule has 0 aliphatic carbocycles. The molecule has 32 heavy (non-hydrogen) atoms.